The van der Waals surface area contributed by atoms with Crippen LogP contribution in [0.4, 0.5) is 5.69 Å². The van der Waals surface area contributed by atoms with E-state index >= 15 is 0 Å². The van der Waals surface area contributed by atoms with Crippen LogP contribution in [-0.2, 0) is 0 Å². The van der Waals surface area contributed by atoms with Crippen molar-refractivity contribution in [2.24, 2.45) is 0 Å². The zero-order valence-electron chi connectivity index (χ0n) is 11.0. The van der Waals surface area contributed by atoms with Gasteiger partial charge < -0.3 is 10.4 Å². The highest BCUT2D eigenvalue weighted by atomic mass is 79.9. The van der Waals surface area contributed by atoms with Crippen molar-refractivity contribution in [1.29, 1.82) is 0 Å². The second-order valence-electron chi connectivity index (χ2n) is 4.39. The van der Waals surface area contributed by atoms with Gasteiger partial charge in [-0.3, -0.25) is 4.79 Å². The van der Waals surface area contributed by atoms with Gasteiger partial charge in [-0.25, -0.2) is 4.79 Å². The SMILES string of the molecule is Cc1cccc(C(=O)Nc2ccc(Br)c(C(=O)O)c2)c1Cl. The van der Waals surface area contributed by atoms with Crippen molar-refractivity contribution in [3.05, 3.63) is 62.6 Å². The molecule has 1 amide bonds. The summed E-state index contributed by atoms with van der Waals surface area (Å²) in [5.74, 6) is -1.46. The van der Waals surface area contributed by atoms with E-state index in [0.29, 0.717) is 20.7 Å². The molecule has 0 saturated heterocycles. The number of aryl methyl sites for hydroxylation is 1. The Labute approximate surface area is 134 Å². The van der Waals surface area contributed by atoms with E-state index in [-0.39, 0.29) is 11.5 Å². The van der Waals surface area contributed by atoms with Gasteiger partial charge in [0.05, 0.1) is 16.1 Å². The summed E-state index contributed by atoms with van der Waals surface area (Å²) in [5, 5.41) is 12.1. The summed E-state index contributed by atoms with van der Waals surface area (Å²) < 4.78 is 0.446. The molecule has 6 heteroatoms. The van der Waals surface area contributed by atoms with E-state index in [2.05, 4.69) is 21.2 Å². The van der Waals surface area contributed by atoms with Crippen molar-refractivity contribution >= 4 is 45.1 Å². The van der Waals surface area contributed by atoms with Gasteiger partial charge in [0.15, 0.2) is 0 Å². The second-order valence-corrected chi connectivity index (χ2v) is 5.62. The van der Waals surface area contributed by atoms with Crippen molar-refractivity contribution < 1.29 is 14.7 Å². The summed E-state index contributed by atoms with van der Waals surface area (Å²) in [6.45, 7) is 1.81. The van der Waals surface area contributed by atoms with E-state index < -0.39 is 5.97 Å². The number of benzene rings is 2. The molecule has 21 heavy (non-hydrogen) atoms. The molecule has 2 aromatic rings. The average Bonchev–Trinajstić information content (AvgIpc) is 2.43. The molecule has 0 unspecified atom stereocenters. The van der Waals surface area contributed by atoms with Crippen molar-refractivity contribution in [3.63, 3.8) is 0 Å². The number of carboxylic acids is 1. The van der Waals surface area contributed by atoms with E-state index in [1.165, 1.54) is 6.07 Å². The number of rotatable bonds is 3. The highest BCUT2D eigenvalue weighted by molar-refractivity contribution is 9.10. The lowest BCUT2D eigenvalue weighted by atomic mass is 10.1. The molecule has 0 atom stereocenters. The number of anilines is 1. The molecule has 0 aromatic heterocycles. The Morgan fingerprint density at radius 1 is 1.19 bits per heavy atom. The monoisotopic (exact) mass is 367 g/mol. The van der Waals surface area contributed by atoms with E-state index in [4.69, 9.17) is 16.7 Å². The van der Waals surface area contributed by atoms with E-state index in [9.17, 15) is 9.59 Å². The predicted octanol–water partition coefficient (Wildman–Crippen LogP) is 4.36. The summed E-state index contributed by atoms with van der Waals surface area (Å²) >= 11 is 9.25. The van der Waals surface area contributed by atoms with Crippen LogP contribution in [0.25, 0.3) is 0 Å². The maximum Gasteiger partial charge on any atom is 0.336 e. The molecule has 0 spiro atoms. The third-order valence-electron chi connectivity index (χ3n) is 2.89. The molecule has 4 nitrogen and oxygen atoms in total. The summed E-state index contributed by atoms with van der Waals surface area (Å²) in [6.07, 6.45) is 0. The van der Waals surface area contributed by atoms with Crippen LogP contribution < -0.4 is 5.32 Å². The number of hydrogen-bond donors (Lipinski definition) is 2. The van der Waals surface area contributed by atoms with Crippen LogP contribution in [0.3, 0.4) is 0 Å². The molecule has 0 fully saturated rings. The number of carboxylic acid groups (broad SMARTS) is 1. The third kappa shape index (κ3) is 3.43. The minimum absolute atomic E-state index is 0.0724. The van der Waals surface area contributed by atoms with Crippen molar-refractivity contribution in [2.75, 3.05) is 5.32 Å². The van der Waals surface area contributed by atoms with E-state index in [0.717, 1.165) is 5.56 Å². The van der Waals surface area contributed by atoms with E-state index in [1.807, 2.05) is 0 Å². The summed E-state index contributed by atoms with van der Waals surface area (Å²) in [7, 11) is 0. The van der Waals surface area contributed by atoms with E-state index in [1.54, 1.807) is 37.3 Å². The highest BCUT2D eigenvalue weighted by Crippen LogP contribution is 2.24. The molecule has 2 N–H and O–H groups in total. The fourth-order valence-corrected chi connectivity index (χ4v) is 2.42. The summed E-state index contributed by atoms with van der Waals surface area (Å²) in [5.41, 5.74) is 1.60. The lowest BCUT2D eigenvalue weighted by Crippen LogP contribution is -2.13. The van der Waals surface area contributed by atoms with Gasteiger partial charge >= 0.3 is 5.97 Å². The van der Waals surface area contributed by atoms with Gasteiger partial charge in [-0.05, 0) is 52.7 Å². The molecule has 0 radical (unpaired) electrons. The molecule has 0 bridgehead atoms. The minimum atomic E-state index is -1.08. The van der Waals surface area contributed by atoms with Gasteiger partial charge in [-0.15, -0.1) is 0 Å². The maximum atomic E-state index is 12.2. The Kier molecular flexibility index (Phi) is 4.65. The maximum absolute atomic E-state index is 12.2. The number of halogens is 2. The Bertz CT molecular complexity index is 731. The molecule has 0 aliphatic heterocycles. The van der Waals surface area contributed by atoms with Crippen molar-refractivity contribution in [1.82, 2.24) is 0 Å². The fraction of sp³-hybridized carbons (Fsp3) is 0.0667. The normalized spacial score (nSPS) is 10.2. The van der Waals surface area contributed by atoms with Gasteiger partial charge in [0.2, 0.25) is 0 Å². The number of amides is 1. The Hall–Kier alpha value is -1.85. The van der Waals surface area contributed by atoms with Gasteiger partial charge in [-0.2, -0.15) is 0 Å². The lowest BCUT2D eigenvalue weighted by molar-refractivity contribution is 0.0695. The number of hydrogen-bond acceptors (Lipinski definition) is 2. The molecule has 0 aliphatic carbocycles. The average molecular weight is 369 g/mol. The van der Waals surface area contributed by atoms with Gasteiger partial charge in [0.1, 0.15) is 0 Å². The first-order valence-corrected chi connectivity index (χ1v) is 7.16. The molecule has 2 rings (SSSR count). The standard InChI is InChI=1S/C15H11BrClNO3/c1-8-3-2-4-10(13(8)17)14(19)18-9-5-6-12(16)11(7-9)15(20)21/h2-7H,1H3,(H,18,19)(H,20,21). The first-order chi connectivity index (χ1) is 9.90. The minimum Gasteiger partial charge on any atom is -0.478 e. The Balaban J connectivity index is 2.30. The molecule has 0 aliphatic rings. The van der Waals surface area contributed by atoms with Gasteiger partial charge in [-0.1, -0.05) is 23.7 Å². The van der Waals surface area contributed by atoms with Crippen LogP contribution in [0.2, 0.25) is 5.02 Å². The molecular weight excluding hydrogens is 358 g/mol. The topological polar surface area (TPSA) is 66.4 Å². The Morgan fingerprint density at radius 3 is 2.57 bits per heavy atom. The predicted molar refractivity (Wildman–Crippen MR) is 85.2 cm³/mol. The van der Waals surface area contributed by atoms with Crippen molar-refractivity contribution in [2.45, 2.75) is 6.92 Å². The largest absolute Gasteiger partial charge is 0.478 e. The second kappa shape index (κ2) is 6.28. The van der Waals surface area contributed by atoms with Crippen molar-refractivity contribution in [3.8, 4) is 0 Å². The third-order valence-corrected chi connectivity index (χ3v) is 4.08. The van der Waals surface area contributed by atoms with Gasteiger partial charge in [0, 0.05) is 10.2 Å². The zero-order valence-corrected chi connectivity index (χ0v) is 13.3. The summed E-state index contributed by atoms with van der Waals surface area (Å²) in [4.78, 5) is 23.3. The molecule has 0 heterocycles. The van der Waals surface area contributed by atoms with Crippen LogP contribution in [0.15, 0.2) is 40.9 Å². The quantitative estimate of drug-likeness (QED) is 0.846. The molecule has 2 aromatic carbocycles. The lowest BCUT2D eigenvalue weighted by Gasteiger charge is -2.09. The van der Waals surface area contributed by atoms with Crippen LogP contribution in [-0.4, -0.2) is 17.0 Å². The number of carbonyl (C=O) groups is 2. The zero-order chi connectivity index (χ0) is 15.6. The summed E-state index contributed by atoms with van der Waals surface area (Å²) in [6, 6.07) is 9.71. The molecular formula is C15H11BrClNO3. The fourth-order valence-electron chi connectivity index (χ4n) is 1.79. The van der Waals surface area contributed by atoms with Crippen LogP contribution >= 0.6 is 27.5 Å². The number of aromatic carboxylic acids is 1. The molecule has 108 valence electrons. The number of nitrogens with one attached hydrogen (secondary N) is 1. The highest BCUT2D eigenvalue weighted by Gasteiger charge is 2.14. The molecule has 0 saturated carbocycles. The Morgan fingerprint density at radius 2 is 1.90 bits per heavy atom. The van der Waals surface area contributed by atoms with Crippen LogP contribution in [0.1, 0.15) is 26.3 Å². The van der Waals surface area contributed by atoms with Crippen LogP contribution in [0, 0.1) is 6.92 Å². The number of carbonyl (C=O) groups excluding carboxylic acids is 1. The first kappa shape index (κ1) is 15.5. The van der Waals surface area contributed by atoms with Crippen LogP contribution in [0.5, 0.6) is 0 Å². The smallest absolute Gasteiger partial charge is 0.336 e. The van der Waals surface area contributed by atoms with Gasteiger partial charge in [0.25, 0.3) is 5.91 Å². The first-order valence-electron chi connectivity index (χ1n) is 5.99.